The molecule has 0 atom stereocenters. The van der Waals surface area contributed by atoms with Gasteiger partial charge in [-0.3, -0.25) is 20.3 Å². The van der Waals surface area contributed by atoms with Crippen LogP contribution in [-0.4, -0.2) is 42.1 Å². The van der Waals surface area contributed by atoms with Crippen molar-refractivity contribution in [2.45, 2.75) is 6.92 Å². The van der Waals surface area contributed by atoms with Crippen LogP contribution in [0.5, 0.6) is 0 Å². The molecule has 0 aliphatic carbocycles. The second kappa shape index (κ2) is 5.93. The van der Waals surface area contributed by atoms with Crippen LogP contribution in [0.4, 0.5) is 10.1 Å². The van der Waals surface area contributed by atoms with E-state index in [0.717, 1.165) is 12.1 Å². The maximum absolute atomic E-state index is 13.9. The summed E-state index contributed by atoms with van der Waals surface area (Å²) in [6, 6.07) is 2.04. The van der Waals surface area contributed by atoms with Gasteiger partial charge < -0.3 is 4.74 Å². The molecule has 0 unspecified atom stereocenters. The summed E-state index contributed by atoms with van der Waals surface area (Å²) >= 11 is 0. The number of nitro groups is 1. The number of carbonyl (C=O) groups excluding carboxylic acids is 1. The summed E-state index contributed by atoms with van der Waals surface area (Å²) in [7, 11) is 0. The molecule has 1 saturated heterocycles. The number of rotatable bonds is 3. The van der Waals surface area contributed by atoms with E-state index in [2.05, 4.69) is 5.43 Å². The van der Waals surface area contributed by atoms with Gasteiger partial charge in [-0.05, 0) is 12.5 Å². The van der Waals surface area contributed by atoms with Gasteiger partial charge in [-0.1, -0.05) is 0 Å². The van der Waals surface area contributed by atoms with Gasteiger partial charge in [0.2, 0.25) is 0 Å². The maximum atomic E-state index is 13.9. The molecule has 1 aliphatic heterocycles. The number of nitrogens with one attached hydrogen (secondary N) is 1. The minimum Gasteiger partial charge on any atom is -0.379 e. The zero-order chi connectivity index (χ0) is 14.7. The van der Waals surface area contributed by atoms with Crippen LogP contribution in [0.3, 0.4) is 0 Å². The second-order valence-electron chi connectivity index (χ2n) is 4.42. The van der Waals surface area contributed by atoms with Crippen molar-refractivity contribution in [3.8, 4) is 0 Å². The number of benzene rings is 1. The minimum absolute atomic E-state index is 0.0614. The number of hydrogen-bond donors (Lipinski definition) is 1. The van der Waals surface area contributed by atoms with Crippen molar-refractivity contribution < 1.29 is 18.8 Å². The van der Waals surface area contributed by atoms with E-state index in [-0.39, 0.29) is 16.8 Å². The summed E-state index contributed by atoms with van der Waals surface area (Å²) in [5.74, 6) is -1.45. The van der Waals surface area contributed by atoms with Gasteiger partial charge in [0.05, 0.1) is 23.7 Å². The normalized spacial score (nSPS) is 15.9. The predicted molar refractivity (Wildman–Crippen MR) is 67.6 cm³/mol. The molecule has 7 nitrogen and oxygen atoms in total. The van der Waals surface area contributed by atoms with Gasteiger partial charge >= 0.3 is 0 Å². The monoisotopic (exact) mass is 283 g/mol. The molecule has 0 saturated carbocycles. The largest absolute Gasteiger partial charge is 0.379 e. The first kappa shape index (κ1) is 14.4. The molecule has 0 radical (unpaired) electrons. The van der Waals surface area contributed by atoms with Gasteiger partial charge in [0.15, 0.2) is 0 Å². The molecular formula is C12H14FN3O4. The van der Waals surface area contributed by atoms with E-state index in [1.54, 1.807) is 5.01 Å². The highest BCUT2D eigenvalue weighted by atomic mass is 19.1. The fourth-order valence-corrected chi connectivity index (χ4v) is 1.90. The van der Waals surface area contributed by atoms with Crippen molar-refractivity contribution >= 4 is 11.6 Å². The Labute approximate surface area is 114 Å². The first-order chi connectivity index (χ1) is 9.49. The Balaban J connectivity index is 2.21. The van der Waals surface area contributed by atoms with Gasteiger partial charge in [0.25, 0.3) is 11.6 Å². The van der Waals surface area contributed by atoms with E-state index in [1.165, 1.54) is 6.92 Å². The number of carbonyl (C=O) groups is 1. The molecule has 8 heteroatoms. The summed E-state index contributed by atoms with van der Waals surface area (Å²) in [6.07, 6.45) is 0. The molecular weight excluding hydrogens is 269 g/mol. The number of halogens is 1. The highest BCUT2D eigenvalue weighted by Gasteiger charge is 2.21. The molecule has 1 heterocycles. The van der Waals surface area contributed by atoms with Crippen molar-refractivity contribution in [1.29, 1.82) is 0 Å². The Bertz CT molecular complexity index is 544. The van der Waals surface area contributed by atoms with Crippen LogP contribution in [0.15, 0.2) is 12.1 Å². The molecule has 108 valence electrons. The third-order valence-electron chi connectivity index (χ3n) is 2.97. The zero-order valence-corrected chi connectivity index (χ0v) is 10.9. The van der Waals surface area contributed by atoms with E-state index in [1.807, 2.05) is 0 Å². The number of amides is 1. The lowest BCUT2D eigenvalue weighted by molar-refractivity contribution is -0.385. The average Bonchev–Trinajstić information content (AvgIpc) is 2.42. The van der Waals surface area contributed by atoms with Crippen molar-refractivity contribution in [1.82, 2.24) is 10.4 Å². The van der Waals surface area contributed by atoms with Crippen molar-refractivity contribution in [2.24, 2.45) is 0 Å². The Kier molecular flexibility index (Phi) is 4.26. The average molecular weight is 283 g/mol. The van der Waals surface area contributed by atoms with E-state index in [4.69, 9.17) is 4.74 Å². The van der Waals surface area contributed by atoms with Gasteiger partial charge in [-0.15, -0.1) is 0 Å². The molecule has 0 bridgehead atoms. The number of morpholine rings is 1. The second-order valence-corrected chi connectivity index (χ2v) is 4.42. The lowest BCUT2D eigenvalue weighted by atomic mass is 10.1. The van der Waals surface area contributed by atoms with Crippen LogP contribution < -0.4 is 5.43 Å². The highest BCUT2D eigenvalue weighted by molar-refractivity contribution is 5.95. The van der Waals surface area contributed by atoms with Crippen LogP contribution in [-0.2, 0) is 4.74 Å². The quantitative estimate of drug-likeness (QED) is 0.661. The lowest BCUT2D eigenvalue weighted by Gasteiger charge is -2.27. The molecule has 1 aromatic carbocycles. The molecule has 0 spiro atoms. The van der Waals surface area contributed by atoms with Crippen LogP contribution >= 0.6 is 0 Å². The van der Waals surface area contributed by atoms with Crippen molar-refractivity contribution in [2.75, 3.05) is 26.3 Å². The standard InChI is InChI=1S/C12H14FN3O4/c1-8-6-9(16(18)19)7-10(11(8)13)12(17)14-15-2-4-20-5-3-15/h6-7H,2-5H2,1H3,(H,14,17). The molecule has 20 heavy (non-hydrogen) atoms. The minimum atomic E-state index is -0.749. The highest BCUT2D eigenvalue weighted by Crippen LogP contribution is 2.21. The van der Waals surface area contributed by atoms with E-state index >= 15 is 0 Å². The lowest BCUT2D eigenvalue weighted by Crippen LogP contribution is -2.48. The molecule has 1 amide bonds. The summed E-state index contributed by atoms with van der Waals surface area (Å²) in [5.41, 5.74) is 1.94. The number of aryl methyl sites for hydroxylation is 1. The number of nitro benzene ring substituents is 1. The zero-order valence-electron chi connectivity index (χ0n) is 10.9. The SMILES string of the molecule is Cc1cc([N+](=O)[O-])cc(C(=O)NN2CCOCC2)c1F. The van der Waals surface area contributed by atoms with E-state index < -0.39 is 16.6 Å². The van der Waals surface area contributed by atoms with Crippen molar-refractivity contribution in [3.63, 3.8) is 0 Å². The number of nitrogens with zero attached hydrogens (tertiary/aromatic N) is 2. The summed E-state index contributed by atoms with van der Waals surface area (Å²) in [5, 5.41) is 12.4. The number of hydrazine groups is 1. The summed E-state index contributed by atoms with van der Waals surface area (Å²) in [4.78, 5) is 22.1. The number of hydrogen-bond acceptors (Lipinski definition) is 5. The van der Waals surface area contributed by atoms with Crippen LogP contribution in [0.2, 0.25) is 0 Å². The fourth-order valence-electron chi connectivity index (χ4n) is 1.90. The first-order valence-electron chi connectivity index (χ1n) is 6.07. The predicted octanol–water partition coefficient (Wildman–Crippen LogP) is 1.02. The van der Waals surface area contributed by atoms with E-state index in [0.29, 0.717) is 26.3 Å². The van der Waals surface area contributed by atoms with Gasteiger partial charge in [-0.25, -0.2) is 9.40 Å². The smallest absolute Gasteiger partial charge is 0.270 e. The molecule has 1 aromatic rings. The van der Waals surface area contributed by atoms with Crippen LogP contribution in [0.1, 0.15) is 15.9 Å². The summed E-state index contributed by atoms with van der Waals surface area (Å²) in [6.45, 7) is 3.30. The fraction of sp³-hybridized carbons (Fsp3) is 0.417. The number of ether oxygens (including phenoxy) is 1. The van der Waals surface area contributed by atoms with Crippen molar-refractivity contribution in [3.05, 3.63) is 39.2 Å². The third kappa shape index (κ3) is 3.09. The Morgan fingerprint density at radius 3 is 2.70 bits per heavy atom. The molecule has 1 aliphatic rings. The number of non-ortho nitro benzene ring substituents is 1. The van der Waals surface area contributed by atoms with Gasteiger partial charge in [-0.2, -0.15) is 0 Å². The maximum Gasteiger partial charge on any atom is 0.270 e. The van der Waals surface area contributed by atoms with E-state index in [9.17, 15) is 19.3 Å². The van der Waals surface area contributed by atoms with Gasteiger partial charge in [0, 0.05) is 25.2 Å². The summed E-state index contributed by atoms with van der Waals surface area (Å²) < 4.78 is 19.0. The molecule has 2 rings (SSSR count). The van der Waals surface area contributed by atoms with Crippen LogP contribution in [0, 0.1) is 22.9 Å². The molecule has 1 fully saturated rings. The van der Waals surface area contributed by atoms with Crippen LogP contribution in [0.25, 0.3) is 0 Å². The Morgan fingerprint density at radius 2 is 2.10 bits per heavy atom. The molecule has 0 aromatic heterocycles. The Morgan fingerprint density at radius 1 is 1.45 bits per heavy atom. The van der Waals surface area contributed by atoms with Gasteiger partial charge in [0.1, 0.15) is 5.82 Å². The third-order valence-corrected chi connectivity index (χ3v) is 2.97. The Hall–Kier alpha value is -2.06. The first-order valence-corrected chi connectivity index (χ1v) is 6.07. The molecule has 1 N–H and O–H groups in total. The topological polar surface area (TPSA) is 84.7 Å².